The fraction of sp³-hybridized carbons (Fsp3) is 1.00. The molecule has 0 saturated carbocycles. The second-order valence-corrected chi connectivity index (χ2v) is 3.29. The number of aliphatic hydroxyl groups excluding tert-OH is 2. The van der Waals surface area contributed by atoms with Gasteiger partial charge in [-0.25, -0.2) is 0 Å². The first-order chi connectivity index (χ1) is 4.41. The van der Waals surface area contributed by atoms with Crippen molar-refractivity contribution in [3.8, 4) is 0 Å². The van der Waals surface area contributed by atoms with Crippen molar-refractivity contribution in [3.63, 3.8) is 0 Å². The topological polar surface area (TPSA) is 40.5 Å². The second-order valence-electron chi connectivity index (χ2n) is 3.05. The fourth-order valence-corrected chi connectivity index (χ4v) is 0.796. The Morgan fingerprint density at radius 2 is 1.80 bits per heavy atom. The molecule has 2 atom stereocenters. The Bertz CT molecular complexity index is 106. The standard InChI is InChI=1S/C6H15ClNO2/c1-5(9)6(10)8(2,3)4-7/h5-6,9-10H,4H2,1-3H3/q+1. The molecule has 0 rings (SSSR count). The van der Waals surface area contributed by atoms with E-state index < -0.39 is 12.3 Å². The van der Waals surface area contributed by atoms with Crippen molar-refractivity contribution in [2.24, 2.45) is 0 Å². The minimum atomic E-state index is -0.808. The highest BCUT2D eigenvalue weighted by molar-refractivity contribution is 6.16. The number of hydrogen-bond donors (Lipinski definition) is 2. The predicted octanol–water partition coefficient (Wildman–Crippen LogP) is -0.0417. The van der Waals surface area contributed by atoms with E-state index in [1.165, 1.54) is 6.92 Å². The third-order valence-electron chi connectivity index (χ3n) is 1.46. The number of hydrogen-bond acceptors (Lipinski definition) is 2. The molecule has 0 amide bonds. The summed E-state index contributed by atoms with van der Waals surface area (Å²) in [5.74, 6) is 0. The zero-order valence-electron chi connectivity index (χ0n) is 6.58. The largest absolute Gasteiger partial charge is 0.384 e. The van der Waals surface area contributed by atoms with Gasteiger partial charge in [0.2, 0.25) is 6.23 Å². The van der Waals surface area contributed by atoms with Crippen LogP contribution in [-0.4, -0.2) is 47.1 Å². The van der Waals surface area contributed by atoms with Crippen LogP contribution in [0.15, 0.2) is 0 Å². The summed E-state index contributed by atoms with van der Waals surface area (Å²) in [6.45, 7) is 1.54. The summed E-state index contributed by atoms with van der Waals surface area (Å²) in [6.07, 6.45) is -1.55. The summed E-state index contributed by atoms with van der Waals surface area (Å²) in [4.78, 5) is 0. The lowest BCUT2D eigenvalue weighted by Crippen LogP contribution is -2.52. The summed E-state index contributed by atoms with van der Waals surface area (Å²) in [5.41, 5.74) is 0. The minimum Gasteiger partial charge on any atom is -0.384 e. The molecular formula is C6H15ClNO2+. The molecule has 3 nitrogen and oxygen atoms in total. The molecule has 0 fully saturated rings. The van der Waals surface area contributed by atoms with Gasteiger partial charge in [0.15, 0.2) is 6.00 Å². The summed E-state index contributed by atoms with van der Waals surface area (Å²) in [7, 11) is 3.51. The normalized spacial score (nSPS) is 18.6. The summed E-state index contributed by atoms with van der Waals surface area (Å²) in [6, 6.07) is 0.284. The molecule has 0 aliphatic carbocycles. The molecule has 62 valence electrons. The van der Waals surface area contributed by atoms with Crippen LogP contribution in [0, 0.1) is 0 Å². The highest BCUT2D eigenvalue weighted by atomic mass is 35.5. The van der Waals surface area contributed by atoms with Crippen LogP contribution in [0.25, 0.3) is 0 Å². The first kappa shape index (κ1) is 10.2. The molecule has 0 saturated heterocycles. The van der Waals surface area contributed by atoms with E-state index in [0.717, 1.165) is 0 Å². The van der Waals surface area contributed by atoms with Gasteiger partial charge in [-0.1, -0.05) is 11.6 Å². The lowest BCUT2D eigenvalue weighted by Gasteiger charge is -2.33. The molecule has 0 aromatic rings. The van der Waals surface area contributed by atoms with Crippen LogP contribution >= 0.6 is 11.6 Å². The average Bonchev–Trinajstić information content (AvgIpc) is 1.86. The van der Waals surface area contributed by atoms with Crippen molar-refractivity contribution in [3.05, 3.63) is 0 Å². The van der Waals surface area contributed by atoms with Crippen molar-refractivity contribution in [1.82, 2.24) is 0 Å². The lowest BCUT2D eigenvalue weighted by atomic mass is 10.3. The number of aliphatic hydroxyl groups is 2. The Morgan fingerprint density at radius 3 is 1.90 bits per heavy atom. The molecule has 4 heteroatoms. The van der Waals surface area contributed by atoms with E-state index in [4.69, 9.17) is 16.7 Å². The monoisotopic (exact) mass is 168 g/mol. The quantitative estimate of drug-likeness (QED) is 0.269. The zero-order chi connectivity index (χ0) is 8.36. The first-order valence-corrected chi connectivity index (χ1v) is 3.70. The van der Waals surface area contributed by atoms with Crippen LogP contribution in [0.1, 0.15) is 6.92 Å². The second kappa shape index (κ2) is 3.53. The van der Waals surface area contributed by atoms with Crippen LogP contribution in [-0.2, 0) is 0 Å². The van der Waals surface area contributed by atoms with Gasteiger partial charge < -0.3 is 10.2 Å². The van der Waals surface area contributed by atoms with Crippen LogP contribution in [0.4, 0.5) is 0 Å². The van der Waals surface area contributed by atoms with Gasteiger partial charge >= 0.3 is 0 Å². The number of rotatable bonds is 3. The summed E-state index contributed by atoms with van der Waals surface area (Å²) < 4.78 is 0.208. The molecule has 0 aliphatic rings. The molecule has 2 N–H and O–H groups in total. The number of halogens is 1. The van der Waals surface area contributed by atoms with Crippen molar-refractivity contribution in [2.75, 3.05) is 20.1 Å². The van der Waals surface area contributed by atoms with E-state index in [-0.39, 0.29) is 10.5 Å². The smallest absolute Gasteiger partial charge is 0.217 e. The number of alkyl halides is 1. The third-order valence-corrected chi connectivity index (χ3v) is 2.07. The van der Waals surface area contributed by atoms with Crippen LogP contribution < -0.4 is 0 Å². The molecule has 0 aromatic carbocycles. The Hall–Kier alpha value is 0.170. The van der Waals surface area contributed by atoms with Gasteiger partial charge in [-0.2, -0.15) is 0 Å². The van der Waals surface area contributed by atoms with Gasteiger partial charge in [0, 0.05) is 0 Å². The van der Waals surface area contributed by atoms with E-state index in [2.05, 4.69) is 0 Å². The highest BCUT2D eigenvalue weighted by Gasteiger charge is 2.28. The molecule has 0 heterocycles. The molecule has 0 aromatic heterocycles. The number of nitrogens with zero attached hydrogens (tertiary/aromatic N) is 1. The lowest BCUT2D eigenvalue weighted by molar-refractivity contribution is -0.930. The Balaban J connectivity index is 4.03. The van der Waals surface area contributed by atoms with E-state index in [1.807, 2.05) is 0 Å². The molecule has 0 spiro atoms. The fourth-order valence-electron chi connectivity index (χ4n) is 0.655. The van der Waals surface area contributed by atoms with Gasteiger partial charge in [-0.3, -0.25) is 4.48 Å². The molecule has 0 radical (unpaired) electrons. The van der Waals surface area contributed by atoms with Crippen molar-refractivity contribution < 1.29 is 14.7 Å². The van der Waals surface area contributed by atoms with E-state index in [9.17, 15) is 5.11 Å². The first-order valence-electron chi connectivity index (χ1n) is 3.16. The van der Waals surface area contributed by atoms with E-state index in [1.54, 1.807) is 14.1 Å². The molecule has 0 aliphatic heterocycles. The number of likely N-dealkylation sites (N-methyl/N-ethyl adjacent to an activating group) is 1. The average molecular weight is 169 g/mol. The van der Waals surface area contributed by atoms with Gasteiger partial charge in [0.25, 0.3) is 0 Å². The van der Waals surface area contributed by atoms with Gasteiger partial charge in [0.1, 0.15) is 6.10 Å². The zero-order valence-corrected chi connectivity index (χ0v) is 7.34. The van der Waals surface area contributed by atoms with Crippen molar-refractivity contribution in [1.29, 1.82) is 0 Å². The van der Waals surface area contributed by atoms with Gasteiger partial charge in [-0.05, 0) is 6.92 Å². The molecular weight excluding hydrogens is 154 g/mol. The maximum Gasteiger partial charge on any atom is 0.217 e. The molecule has 0 bridgehead atoms. The van der Waals surface area contributed by atoms with Crippen molar-refractivity contribution >= 4 is 11.6 Å². The van der Waals surface area contributed by atoms with E-state index in [0.29, 0.717) is 0 Å². The van der Waals surface area contributed by atoms with Gasteiger partial charge in [0.05, 0.1) is 14.1 Å². The Labute approximate surface area is 66.4 Å². The maximum absolute atomic E-state index is 9.29. The van der Waals surface area contributed by atoms with E-state index >= 15 is 0 Å². The molecule has 2 unspecified atom stereocenters. The van der Waals surface area contributed by atoms with Crippen LogP contribution in [0.5, 0.6) is 0 Å². The Kier molecular flexibility index (Phi) is 3.59. The maximum atomic E-state index is 9.29. The minimum absolute atomic E-state index is 0.208. The van der Waals surface area contributed by atoms with Crippen LogP contribution in [0.2, 0.25) is 0 Å². The SMILES string of the molecule is CC(O)C(O)[N+](C)(C)CCl. The van der Waals surface area contributed by atoms with Gasteiger partial charge in [-0.15, -0.1) is 0 Å². The summed E-state index contributed by atoms with van der Waals surface area (Å²) >= 11 is 5.53. The van der Waals surface area contributed by atoms with Crippen LogP contribution in [0.3, 0.4) is 0 Å². The number of quaternary nitrogens is 1. The third kappa shape index (κ3) is 2.42. The molecule has 10 heavy (non-hydrogen) atoms. The summed E-state index contributed by atoms with van der Waals surface area (Å²) in [5, 5.41) is 18.3. The Morgan fingerprint density at radius 1 is 1.40 bits per heavy atom. The predicted molar refractivity (Wildman–Crippen MR) is 40.5 cm³/mol. The van der Waals surface area contributed by atoms with Crippen molar-refractivity contribution in [2.45, 2.75) is 19.3 Å². The highest BCUT2D eigenvalue weighted by Crippen LogP contribution is 2.08.